The van der Waals surface area contributed by atoms with Gasteiger partial charge < -0.3 is 20.9 Å². The van der Waals surface area contributed by atoms with Gasteiger partial charge >= 0.3 is 0 Å². The van der Waals surface area contributed by atoms with Crippen molar-refractivity contribution in [1.82, 2.24) is 19.5 Å². The van der Waals surface area contributed by atoms with Gasteiger partial charge in [-0.3, -0.25) is 0 Å². The van der Waals surface area contributed by atoms with Crippen molar-refractivity contribution in [2.75, 3.05) is 17.2 Å². The van der Waals surface area contributed by atoms with Gasteiger partial charge in [-0.1, -0.05) is 43.2 Å². The van der Waals surface area contributed by atoms with Crippen LogP contribution in [0.4, 0.5) is 11.8 Å². The van der Waals surface area contributed by atoms with E-state index in [0.717, 1.165) is 62.1 Å². The topological polar surface area (TPSA) is 93.7 Å². The summed E-state index contributed by atoms with van der Waals surface area (Å²) >= 11 is 0. The number of imidazole rings is 1. The van der Waals surface area contributed by atoms with Crippen LogP contribution >= 0.6 is 0 Å². The number of nitrogens with two attached hydrogens (primary N) is 1. The van der Waals surface area contributed by atoms with E-state index < -0.39 is 0 Å². The van der Waals surface area contributed by atoms with Crippen LogP contribution in [0.25, 0.3) is 11.2 Å². The van der Waals surface area contributed by atoms with E-state index in [1.807, 2.05) is 6.33 Å². The molecule has 2 fully saturated rings. The molecule has 0 atom stereocenters. The zero-order valence-electron chi connectivity index (χ0n) is 18.8. The van der Waals surface area contributed by atoms with Crippen molar-refractivity contribution in [3.8, 4) is 0 Å². The normalized spacial score (nSPS) is 21.8. The molecular formula is C25H35N7. The van der Waals surface area contributed by atoms with Gasteiger partial charge in [-0.2, -0.15) is 9.97 Å². The number of fused-ring (bicyclic) bond motifs is 1. The zero-order valence-corrected chi connectivity index (χ0v) is 18.8. The second-order valence-electron chi connectivity index (χ2n) is 9.43. The first-order valence-corrected chi connectivity index (χ1v) is 12.3. The number of nitrogens with one attached hydrogen (secondary N) is 2. The number of anilines is 2. The Balaban J connectivity index is 1.34. The molecule has 3 aromatic rings. The number of benzene rings is 1. The molecule has 0 radical (unpaired) electrons. The average Bonchev–Trinajstić information content (AvgIpc) is 3.49. The highest BCUT2D eigenvalue weighted by Crippen LogP contribution is 2.33. The van der Waals surface area contributed by atoms with Gasteiger partial charge in [0.05, 0.1) is 6.33 Å². The molecule has 0 unspecified atom stereocenters. The van der Waals surface area contributed by atoms with Crippen LogP contribution in [0.2, 0.25) is 0 Å². The summed E-state index contributed by atoms with van der Waals surface area (Å²) in [7, 11) is 0. The Labute approximate surface area is 190 Å². The number of rotatable bonds is 8. The van der Waals surface area contributed by atoms with E-state index in [1.54, 1.807) is 0 Å². The standard InChI is InChI=1S/C25H35N7/c26-19-12-14-20(15-13-19)29-25-30-23(27-16-6-9-18-7-2-1-3-8-18)22-24(31-25)32(17-28-22)21-10-4-5-11-21/h1-3,7-8,17,19-21H,4-6,9-16,26H2,(H2,27,29,30,31). The van der Waals surface area contributed by atoms with E-state index in [0.29, 0.717) is 24.1 Å². The van der Waals surface area contributed by atoms with Crippen molar-refractivity contribution in [2.24, 2.45) is 5.73 Å². The van der Waals surface area contributed by atoms with Crippen molar-refractivity contribution >= 4 is 22.9 Å². The monoisotopic (exact) mass is 433 g/mol. The lowest BCUT2D eigenvalue weighted by atomic mass is 9.92. The largest absolute Gasteiger partial charge is 0.368 e. The molecule has 0 amide bonds. The van der Waals surface area contributed by atoms with E-state index in [9.17, 15) is 0 Å². The molecule has 2 saturated carbocycles. The van der Waals surface area contributed by atoms with E-state index in [4.69, 9.17) is 20.7 Å². The van der Waals surface area contributed by atoms with Crippen LogP contribution in [-0.4, -0.2) is 38.1 Å². The van der Waals surface area contributed by atoms with Crippen LogP contribution in [-0.2, 0) is 6.42 Å². The van der Waals surface area contributed by atoms with Crippen molar-refractivity contribution in [3.63, 3.8) is 0 Å². The van der Waals surface area contributed by atoms with Crippen molar-refractivity contribution in [3.05, 3.63) is 42.2 Å². The molecule has 32 heavy (non-hydrogen) atoms. The van der Waals surface area contributed by atoms with Gasteiger partial charge in [0.25, 0.3) is 0 Å². The van der Waals surface area contributed by atoms with Gasteiger partial charge in [0.15, 0.2) is 17.0 Å². The van der Waals surface area contributed by atoms with Crippen molar-refractivity contribution < 1.29 is 0 Å². The third-order valence-corrected chi connectivity index (χ3v) is 7.02. The van der Waals surface area contributed by atoms with Crippen LogP contribution in [0.3, 0.4) is 0 Å². The van der Waals surface area contributed by atoms with Crippen molar-refractivity contribution in [2.45, 2.75) is 82.3 Å². The summed E-state index contributed by atoms with van der Waals surface area (Å²) < 4.78 is 2.28. The fourth-order valence-electron chi connectivity index (χ4n) is 5.14. The fourth-order valence-corrected chi connectivity index (χ4v) is 5.14. The number of nitrogens with zero attached hydrogens (tertiary/aromatic N) is 4. The molecule has 5 rings (SSSR count). The minimum atomic E-state index is 0.335. The second kappa shape index (κ2) is 9.86. The molecule has 2 aromatic heterocycles. The average molecular weight is 434 g/mol. The fraction of sp³-hybridized carbons (Fsp3) is 0.560. The Bertz CT molecular complexity index is 1000. The smallest absolute Gasteiger partial charge is 0.227 e. The number of aromatic nitrogens is 4. The molecule has 2 aliphatic rings. The number of hydrogen-bond donors (Lipinski definition) is 3. The first kappa shape index (κ1) is 21.2. The van der Waals surface area contributed by atoms with Crippen LogP contribution in [0.5, 0.6) is 0 Å². The van der Waals surface area contributed by atoms with E-state index in [1.165, 1.54) is 31.2 Å². The predicted molar refractivity (Wildman–Crippen MR) is 130 cm³/mol. The van der Waals surface area contributed by atoms with Crippen molar-refractivity contribution in [1.29, 1.82) is 0 Å². The van der Waals surface area contributed by atoms with E-state index in [-0.39, 0.29) is 0 Å². The first-order valence-electron chi connectivity index (χ1n) is 12.3. The lowest BCUT2D eigenvalue weighted by molar-refractivity contribution is 0.410. The summed E-state index contributed by atoms with van der Waals surface area (Å²) in [5, 5.41) is 7.16. The summed E-state index contributed by atoms with van der Waals surface area (Å²) in [4.78, 5) is 14.5. The molecule has 4 N–H and O–H groups in total. The summed E-state index contributed by atoms with van der Waals surface area (Å²) in [6, 6.07) is 11.9. The molecule has 0 aliphatic heterocycles. The lowest BCUT2D eigenvalue weighted by Gasteiger charge is -2.27. The van der Waals surface area contributed by atoms with E-state index in [2.05, 4.69) is 45.5 Å². The zero-order chi connectivity index (χ0) is 21.8. The Morgan fingerprint density at radius 3 is 2.53 bits per heavy atom. The minimum Gasteiger partial charge on any atom is -0.368 e. The maximum Gasteiger partial charge on any atom is 0.227 e. The van der Waals surface area contributed by atoms with Gasteiger partial charge in [-0.25, -0.2) is 4.98 Å². The highest BCUT2D eigenvalue weighted by atomic mass is 15.2. The summed E-state index contributed by atoms with van der Waals surface area (Å²) in [5.41, 5.74) is 9.29. The Kier molecular flexibility index (Phi) is 6.53. The number of hydrogen-bond acceptors (Lipinski definition) is 6. The van der Waals surface area contributed by atoms with Crippen LogP contribution in [0.15, 0.2) is 36.7 Å². The SMILES string of the molecule is NC1CCC(Nc2nc(NCCCc3ccccc3)c3ncn(C4CCCC4)c3n2)CC1. The second-order valence-corrected chi connectivity index (χ2v) is 9.43. The summed E-state index contributed by atoms with van der Waals surface area (Å²) in [5.74, 6) is 1.55. The Hall–Kier alpha value is -2.67. The van der Waals surface area contributed by atoms with E-state index >= 15 is 0 Å². The van der Waals surface area contributed by atoms with Gasteiger partial charge in [-0.05, 0) is 56.9 Å². The molecule has 2 heterocycles. The van der Waals surface area contributed by atoms with Crippen LogP contribution in [0.1, 0.15) is 69.4 Å². The maximum absolute atomic E-state index is 6.09. The maximum atomic E-state index is 6.09. The molecule has 7 nitrogen and oxygen atoms in total. The summed E-state index contributed by atoms with van der Waals surface area (Å²) in [6.07, 6.45) is 13.3. The van der Waals surface area contributed by atoms with Gasteiger partial charge in [0.1, 0.15) is 0 Å². The molecule has 1 aromatic carbocycles. The highest BCUT2D eigenvalue weighted by Gasteiger charge is 2.23. The number of aryl methyl sites for hydroxylation is 1. The third-order valence-electron chi connectivity index (χ3n) is 7.02. The third kappa shape index (κ3) is 4.88. The van der Waals surface area contributed by atoms with Gasteiger partial charge in [0.2, 0.25) is 5.95 Å². The first-order chi connectivity index (χ1) is 15.8. The van der Waals surface area contributed by atoms with Gasteiger partial charge in [-0.15, -0.1) is 0 Å². The molecule has 0 spiro atoms. The molecular weight excluding hydrogens is 398 g/mol. The molecule has 7 heteroatoms. The molecule has 170 valence electrons. The van der Waals surface area contributed by atoms with Crippen LogP contribution < -0.4 is 16.4 Å². The Morgan fingerprint density at radius 2 is 1.75 bits per heavy atom. The molecule has 0 bridgehead atoms. The predicted octanol–water partition coefficient (Wildman–Crippen LogP) is 4.67. The molecule has 0 saturated heterocycles. The Morgan fingerprint density at radius 1 is 0.969 bits per heavy atom. The quantitative estimate of drug-likeness (QED) is 0.447. The highest BCUT2D eigenvalue weighted by molar-refractivity contribution is 5.84. The lowest BCUT2D eigenvalue weighted by Crippen LogP contribution is -2.33. The van der Waals surface area contributed by atoms with Crippen LogP contribution in [0, 0.1) is 0 Å². The van der Waals surface area contributed by atoms with Gasteiger partial charge in [0, 0.05) is 24.7 Å². The summed E-state index contributed by atoms with van der Waals surface area (Å²) in [6.45, 7) is 0.856. The molecule has 2 aliphatic carbocycles. The minimum absolute atomic E-state index is 0.335.